The predicted octanol–water partition coefficient (Wildman–Crippen LogP) is 2.81. The zero-order chi connectivity index (χ0) is 15.4. The van der Waals surface area contributed by atoms with Crippen LogP contribution in [0.25, 0.3) is 5.69 Å². The van der Waals surface area contributed by atoms with Gasteiger partial charge in [-0.15, -0.1) is 0 Å². The minimum absolute atomic E-state index is 0.318. The number of rotatable bonds is 6. The number of hydrogen-bond donors (Lipinski definition) is 1. The van der Waals surface area contributed by atoms with E-state index < -0.39 is 0 Å². The highest BCUT2D eigenvalue weighted by atomic mass is 15.3. The average molecular weight is 295 g/mol. The molecular formula is C17H21N5. The number of benzene rings is 1. The van der Waals surface area contributed by atoms with Crippen molar-refractivity contribution in [1.29, 1.82) is 0 Å². The first-order valence-electron chi connectivity index (χ1n) is 7.55. The van der Waals surface area contributed by atoms with Gasteiger partial charge in [-0.05, 0) is 43.7 Å². The Morgan fingerprint density at radius 1 is 1.00 bits per heavy atom. The maximum Gasteiger partial charge on any atom is 0.0645 e. The maximum absolute atomic E-state index is 4.30. The molecule has 2 atom stereocenters. The number of nitrogens with one attached hydrogen (secondary N) is 1. The molecule has 0 unspecified atom stereocenters. The molecule has 0 aliphatic carbocycles. The molecule has 2 aromatic heterocycles. The van der Waals surface area contributed by atoms with Gasteiger partial charge in [-0.2, -0.15) is 10.2 Å². The van der Waals surface area contributed by atoms with Gasteiger partial charge in [0.25, 0.3) is 0 Å². The lowest BCUT2D eigenvalue weighted by Crippen LogP contribution is -2.33. The standard InChI is InChI=1S/C17H21N5/c1-14(15(2)21-11-3-9-19-21)18-13-16-5-7-17(8-6-16)22-12-4-10-20-22/h3-12,14-15,18H,13H2,1-2H3/t14-,15+/m1/s1. The van der Waals surface area contributed by atoms with Crippen molar-refractivity contribution in [2.75, 3.05) is 0 Å². The summed E-state index contributed by atoms with van der Waals surface area (Å²) < 4.78 is 3.85. The first-order chi connectivity index (χ1) is 10.7. The summed E-state index contributed by atoms with van der Waals surface area (Å²) in [6.45, 7) is 5.20. The number of aromatic nitrogens is 4. The van der Waals surface area contributed by atoms with Crippen LogP contribution in [0, 0.1) is 0 Å². The van der Waals surface area contributed by atoms with E-state index in [1.807, 2.05) is 40.1 Å². The summed E-state index contributed by atoms with van der Waals surface area (Å²) in [7, 11) is 0. The Bertz CT molecular complexity index is 670. The summed E-state index contributed by atoms with van der Waals surface area (Å²) in [5, 5.41) is 12.1. The van der Waals surface area contributed by atoms with Gasteiger partial charge in [0.05, 0.1) is 11.7 Å². The molecule has 0 aliphatic rings. The summed E-state index contributed by atoms with van der Waals surface area (Å²) in [6, 6.07) is 13.0. The largest absolute Gasteiger partial charge is 0.308 e. The van der Waals surface area contributed by atoms with Crippen LogP contribution in [0.2, 0.25) is 0 Å². The van der Waals surface area contributed by atoms with Crippen LogP contribution >= 0.6 is 0 Å². The van der Waals surface area contributed by atoms with Gasteiger partial charge >= 0.3 is 0 Å². The van der Waals surface area contributed by atoms with Gasteiger partial charge in [-0.3, -0.25) is 4.68 Å². The van der Waals surface area contributed by atoms with E-state index in [2.05, 4.69) is 53.6 Å². The van der Waals surface area contributed by atoms with Crippen LogP contribution in [0.5, 0.6) is 0 Å². The monoisotopic (exact) mass is 295 g/mol. The average Bonchev–Trinajstić information content (AvgIpc) is 3.25. The Balaban J connectivity index is 1.57. The fraction of sp³-hybridized carbons (Fsp3) is 0.294. The van der Waals surface area contributed by atoms with Crippen LogP contribution in [0.15, 0.2) is 61.2 Å². The molecule has 0 saturated carbocycles. The summed E-state index contributed by atoms with van der Waals surface area (Å²) >= 11 is 0. The van der Waals surface area contributed by atoms with Gasteiger partial charge < -0.3 is 5.32 Å². The topological polar surface area (TPSA) is 47.7 Å². The van der Waals surface area contributed by atoms with Gasteiger partial charge in [-0.1, -0.05) is 12.1 Å². The highest BCUT2D eigenvalue weighted by Crippen LogP contribution is 2.12. The highest BCUT2D eigenvalue weighted by molar-refractivity contribution is 5.33. The zero-order valence-electron chi connectivity index (χ0n) is 12.9. The fourth-order valence-electron chi connectivity index (χ4n) is 2.39. The summed E-state index contributed by atoms with van der Waals surface area (Å²) in [6.07, 6.45) is 7.55. The summed E-state index contributed by atoms with van der Waals surface area (Å²) in [5.74, 6) is 0. The Kier molecular flexibility index (Phi) is 4.34. The molecule has 0 fully saturated rings. The van der Waals surface area contributed by atoms with Gasteiger partial charge in [0.15, 0.2) is 0 Å². The van der Waals surface area contributed by atoms with Crippen molar-refractivity contribution in [3.63, 3.8) is 0 Å². The minimum atomic E-state index is 0.318. The zero-order valence-corrected chi connectivity index (χ0v) is 12.9. The second-order valence-corrected chi connectivity index (χ2v) is 5.51. The quantitative estimate of drug-likeness (QED) is 0.760. The Labute approximate surface area is 130 Å². The van der Waals surface area contributed by atoms with E-state index in [4.69, 9.17) is 0 Å². The third-order valence-corrected chi connectivity index (χ3v) is 4.00. The van der Waals surface area contributed by atoms with Gasteiger partial charge in [-0.25, -0.2) is 4.68 Å². The van der Waals surface area contributed by atoms with E-state index in [1.165, 1.54) is 5.56 Å². The lowest BCUT2D eigenvalue weighted by atomic mass is 10.1. The molecule has 5 heteroatoms. The van der Waals surface area contributed by atoms with Crippen LogP contribution in [-0.2, 0) is 6.54 Å². The maximum atomic E-state index is 4.30. The van der Waals surface area contributed by atoms with Crippen LogP contribution in [0.1, 0.15) is 25.5 Å². The SMILES string of the molecule is C[C@@H](NCc1ccc(-n2cccn2)cc1)[C@H](C)n1cccn1. The predicted molar refractivity (Wildman–Crippen MR) is 86.8 cm³/mol. The lowest BCUT2D eigenvalue weighted by Gasteiger charge is -2.22. The molecule has 0 radical (unpaired) electrons. The molecule has 2 heterocycles. The van der Waals surface area contributed by atoms with Crippen LogP contribution in [0.3, 0.4) is 0 Å². The van der Waals surface area contributed by atoms with Crippen LogP contribution in [-0.4, -0.2) is 25.6 Å². The van der Waals surface area contributed by atoms with Gasteiger partial charge in [0, 0.05) is 37.4 Å². The number of nitrogens with zero attached hydrogens (tertiary/aromatic N) is 4. The van der Waals surface area contributed by atoms with Crippen molar-refractivity contribution in [1.82, 2.24) is 24.9 Å². The van der Waals surface area contributed by atoms with Crippen molar-refractivity contribution in [3.8, 4) is 5.69 Å². The van der Waals surface area contributed by atoms with E-state index in [0.717, 1.165) is 12.2 Å². The smallest absolute Gasteiger partial charge is 0.0645 e. The summed E-state index contributed by atoms with van der Waals surface area (Å²) in [5.41, 5.74) is 2.34. The molecule has 22 heavy (non-hydrogen) atoms. The molecule has 0 spiro atoms. The molecule has 1 N–H and O–H groups in total. The van der Waals surface area contributed by atoms with E-state index in [1.54, 1.807) is 6.20 Å². The van der Waals surface area contributed by atoms with E-state index >= 15 is 0 Å². The molecule has 0 aliphatic heterocycles. The highest BCUT2D eigenvalue weighted by Gasteiger charge is 2.13. The normalized spacial score (nSPS) is 13.9. The second-order valence-electron chi connectivity index (χ2n) is 5.51. The molecule has 0 amide bonds. The van der Waals surface area contributed by atoms with Crippen molar-refractivity contribution >= 4 is 0 Å². The Hall–Kier alpha value is -2.40. The first kappa shape index (κ1) is 14.5. The van der Waals surface area contributed by atoms with Crippen molar-refractivity contribution in [3.05, 3.63) is 66.7 Å². The van der Waals surface area contributed by atoms with Crippen molar-refractivity contribution in [2.24, 2.45) is 0 Å². The molecule has 5 nitrogen and oxygen atoms in total. The van der Waals surface area contributed by atoms with Crippen LogP contribution in [0.4, 0.5) is 0 Å². The lowest BCUT2D eigenvalue weighted by molar-refractivity contribution is 0.365. The first-order valence-corrected chi connectivity index (χ1v) is 7.55. The fourth-order valence-corrected chi connectivity index (χ4v) is 2.39. The third kappa shape index (κ3) is 3.26. The van der Waals surface area contributed by atoms with Gasteiger partial charge in [0.1, 0.15) is 0 Å². The van der Waals surface area contributed by atoms with Gasteiger partial charge in [0.2, 0.25) is 0 Å². The molecular weight excluding hydrogens is 274 g/mol. The van der Waals surface area contributed by atoms with E-state index in [0.29, 0.717) is 12.1 Å². The Morgan fingerprint density at radius 2 is 1.73 bits per heavy atom. The molecule has 3 aromatic rings. The van der Waals surface area contributed by atoms with Crippen LogP contribution < -0.4 is 5.32 Å². The van der Waals surface area contributed by atoms with E-state index in [9.17, 15) is 0 Å². The minimum Gasteiger partial charge on any atom is -0.308 e. The van der Waals surface area contributed by atoms with Crippen molar-refractivity contribution in [2.45, 2.75) is 32.5 Å². The summed E-state index contributed by atoms with van der Waals surface area (Å²) in [4.78, 5) is 0. The Morgan fingerprint density at radius 3 is 2.36 bits per heavy atom. The van der Waals surface area contributed by atoms with E-state index in [-0.39, 0.29) is 0 Å². The molecule has 1 aromatic carbocycles. The number of hydrogen-bond acceptors (Lipinski definition) is 3. The molecule has 114 valence electrons. The molecule has 3 rings (SSSR count). The molecule has 0 saturated heterocycles. The molecule has 0 bridgehead atoms. The van der Waals surface area contributed by atoms with Crippen molar-refractivity contribution < 1.29 is 0 Å². The second kappa shape index (κ2) is 6.58. The third-order valence-electron chi connectivity index (χ3n) is 4.00.